The van der Waals surface area contributed by atoms with Gasteiger partial charge in [-0.3, -0.25) is 0 Å². The molecule has 0 spiro atoms. The smallest absolute Gasteiger partial charge is 1.00 e. The van der Waals surface area contributed by atoms with E-state index >= 15 is 0 Å². The van der Waals surface area contributed by atoms with Crippen molar-refractivity contribution in [3.8, 4) is 11.1 Å². The first-order chi connectivity index (χ1) is 15.4. The number of benzene rings is 3. The number of nitrogens with one attached hydrogen (secondary N) is 1. The number of halogens is 2. The average molecular weight is 550 g/mol. The van der Waals surface area contributed by atoms with E-state index in [1.807, 2.05) is 0 Å². The van der Waals surface area contributed by atoms with Gasteiger partial charge in [0.1, 0.15) is 0 Å². The molecule has 0 saturated carbocycles. The van der Waals surface area contributed by atoms with Gasteiger partial charge in [0, 0.05) is 0 Å². The van der Waals surface area contributed by atoms with Crippen LogP contribution in [-0.2, 0) is 20.6 Å². The van der Waals surface area contributed by atoms with E-state index in [9.17, 15) is 0 Å². The van der Waals surface area contributed by atoms with Crippen LogP contribution in [0.4, 0.5) is 5.69 Å². The molecule has 0 aliphatic heterocycles. The maximum Gasteiger partial charge on any atom is -1.00 e. The fourth-order valence-corrected chi connectivity index (χ4v) is 18.6. The van der Waals surface area contributed by atoms with Crippen LogP contribution in [0.2, 0.25) is 0 Å². The minimum absolute atomic E-state index is 0. The molecule has 3 aromatic carbocycles. The maximum atomic E-state index is 4.29. The van der Waals surface area contributed by atoms with Gasteiger partial charge in [0.25, 0.3) is 0 Å². The summed E-state index contributed by atoms with van der Waals surface area (Å²) in [5, 5.41) is 0. The van der Waals surface area contributed by atoms with Gasteiger partial charge in [-0.1, -0.05) is 0 Å². The molecule has 1 nitrogen and oxygen atoms in total. The minimum Gasteiger partial charge on any atom is -1.00 e. The van der Waals surface area contributed by atoms with Gasteiger partial charge in [0.2, 0.25) is 0 Å². The zero-order valence-electron chi connectivity index (χ0n) is 18.2. The summed E-state index contributed by atoms with van der Waals surface area (Å²) >= 11 is -3.45. The van der Waals surface area contributed by atoms with Crippen LogP contribution in [0.25, 0.3) is 11.1 Å². The van der Waals surface area contributed by atoms with Crippen molar-refractivity contribution in [2.24, 2.45) is 0 Å². The average Bonchev–Trinajstić information content (AvgIpc) is 3.60. The number of allylic oxidation sites excluding steroid dienone is 8. The molecule has 33 heavy (non-hydrogen) atoms. The summed E-state index contributed by atoms with van der Waals surface area (Å²) < 4.78 is 8.00. The molecular weight excluding hydrogens is 524 g/mol. The molecule has 6 rings (SSSR count). The van der Waals surface area contributed by atoms with Crippen LogP contribution >= 0.6 is 0 Å². The molecular formula is C29H25Cl2NZr. The Morgan fingerprint density at radius 2 is 1.09 bits per heavy atom. The minimum atomic E-state index is -3.45. The van der Waals surface area contributed by atoms with E-state index in [0.717, 1.165) is 12.8 Å². The number of hydrogen-bond acceptors (Lipinski definition) is 1. The Hall–Kier alpha value is -2.12. The summed E-state index contributed by atoms with van der Waals surface area (Å²) in [7, 11) is 0. The predicted molar refractivity (Wildman–Crippen MR) is 127 cm³/mol. The Bertz CT molecular complexity index is 1200. The first-order valence-electron chi connectivity index (χ1n) is 11.1. The summed E-state index contributed by atoms with van der Waals surface area (Å²) in [4.78, 5) is 0. The van der Waals surface area contributed by atoms with Crippen molar-refractivity contribution in [3.63, 3.8) is 0 Å². The zero-order valence-corrected chi connectivity index (χ0v) is 22.2. The van der Waals surface area contributed by atoms with E-state index in [4.69, 9.17) is 0 Å². The Labute approximate surface area is 213 Å². The fraction of sp³-hybridized carbons (Fsp3) is 0.103. The quantitative estimate of drug-likeness (QED) is 0.511. The summed E-state index contributed by atoms with van der Waals surface area (Å²) in [5.41, 5.74) is 7.09. The van der Waals surface area contributed by atoms with Crippen LogP contribution in [0, 0.1) is 0 Å². The van der Waals surface area contributed by atoms with Crippen LogP contribution < -0.4 is 28.1 Å². The number of rotatable bonds is 5. The van der Waals surface area contributed by atoms with Crippen molar-refractivity contribution in [1.29, 1.82) is 0 Å². The maximum absolute atomic E-state index is 4.29. The van der Waals surface area contributed by atoms with Gasteiger partial charge < -0.3 is 24.8 Å². The van der Waals surface area contributed by atoms with Gasteiger partial charge in [-0.05, 0) is 0 Å². The molecule has 3 aromatic rings. The Morgan fingerprint density at radius 3 is 1.58 bits per heavy atom. The van der Waals surface area contributed by atoms with E-state index in [1.165, 1.54) is 27.9 Å². The van der Waals surface area contributed by atoms with E-state index in [0.29, 0.717) is 3.63 Å². The number of hydrogen-bond donors (Lipinski definition) is 1. The molecule has 0 fully saturated rings. The molecule has 1 N–H and O–H groups in total. The molecule has 3 aliphatic carbocycles. The van der Waals surface area contributed by atoms with Crippen LogP contribution in [0.3, 0.4) is 0 Å². The SMILES string of the molecule is C1=CC[C]([Zr+2]([NH]c2ccccc2)([C]2=CC=CC2)[CH]2c3ccccc3-c3ccccc32)=C1.[Cl-].[Cl-]. The Morgan fingerprint density at radius 1 is 0.606 bits per heavy atom. The summed E-state index contributed by atoms with van der Waals surface area (Å²) in [5.74, 6) is 0. The normalized spacial score (nSPS) is 15.3. The van der Waals surface area contributed by atoms with Crippen LogP contribution in [0.1, 0.15) is 27.6 Å². The second-order valence-electron chi connectivity index (χ2n) is 8.55. The molecule has 0 atom stereocenters. The van der Waals surface area contributed by atoms with Crippen molar-refractivity contribution >= 4 is 5.69 Å². The Balaban J connectivity index is 0.00000130. The molecule has 4 heteroatoms. The van der Waals surface area contributed by atoms with Crippen LogP contribution in [-0.4, -0.2) is 0 Å². The predicted octanol–water partition coefficient (Wildman–Crippen LogP) is 1.63. The van der Waals surface area contributed by atoms with Crippen molar-refractivity contribution in [3.05, 3.63) is 133 Å². The molecule has 164 valence electrons. The largest absolute Gasteiger partial charge is 1.00 e. The third-order valence-corrected chi connectivity index (χ3v) is 19.1. The molecule has 3 aliphatic rings. The van der Waals surface area contributed by atoms with Crippen molar-refractivity contribution < 1.29 is 45.4 Å². The standard InChI is InChI=1S/C13H9.C6H6N.2C5H5.2ClH.Zr/c1-3-7-12-10(5-1)9-11-6-2-4-8-13(11)12;7-6-4-2-1-3-5-6;2*1-2-4-5-3-1;;;/h1-9H;1-5,7H;2*1-3H,4H2;2*1H;/q;-1;;;;;+3/p-2. The third kappa shape index (κ3) is 3.93. The molecule has 0 heterocycles. The second kappa shape index (κ2) is 10.0. The summed E-state index contributed by atoms with van der Waals surface area (Å²) in [6.07, 6.45) is 16.2. The van der Waals surface area contributed by atoms with E-state index in [2.05, 4.69) is 119 Å². The van der Waals surface area contributed by atoms with Gasteiger partial charge in [0.05, 0.1) is 0 Å². The molecule has 0 bridgehead atoms. The summed E-state index contributed by atoms with van der Waals surface area (Å²) in [6.45, 7) is 0. The van der Waals surface area contributed by atoms with Crippen LogP contribution in [0.15, 0.2) is 122 Å². The van der Waals surface area contributed by atoms with E-state index in [-0.39, 0.29) is 24.8 Å². The van der Waals surface area contributed by atoms with Gasteiger partial charge in [-0.2, -0.15) is 0 Å². The van der Waals surface area contributed by atoms with E-state index in [1.54, 1.807) is 6.56 Å². The van der Waals surface area contributed by atoms with Crippen molar-refractivity contribution in [1.82, 2.24) is 0 Å². The van der Waals surface area contributed by atoms with E-state index < -0.39 is 20.6 Å². The Kier molecular flexibility index (Phi) is 7.29. The third-order valence-electron chi connectivity index (χ3n) is 6.94. The van der Waals surface area contributed by atoms with Gasteiger partial charge in [-0.15, -0.1) is 0 Å². The van der Waals surface area contributed by atoms with Crippen LogP contribution in [0.5, 0.6) is 0 Å². The number of anilines is 1. The monoisotopic (exact) mass is 547 g/mol. The first-order valence-corrected chi connectivity index (χ1v) is 16.2. The topological polar surface area (TPSA) is 12.0 Å². The second-order valence-corrected chi connectivity index (χ2v) is 17.7. The molecule has 0 amide bonds. The molecule has 0 unspecified atom stereocenters. The zero-order chi connectivity index (χ0) is 20.7. The molecule has 0 radical (unpaired) electrons. The van der Waals surface area contributed by atoms with Gasteiger partial charge in [-0.25, -0.2) is 0 Å². The van der Waals surface area contributed by atoms with Crippen molar-refractivity contribution in [2.45, 2.75) is 16.5 Å². The first kappa shape index (κ1) is 24.0. The molecule has 0 saturated heterocycles. The van der Waals surface area contributed by atoms with Crippen molar-refractivity contribution in [2.75, 3.05) is 3.26 Å². The molecule has 0 aromatic heterocycles. The van der Waals surface area contributed by atoms with Gasteiger partial charge in [0.15, 0.2) is 0 Å². The number of fused-ring (bicyclic) bond motifs is 3. The van der Waals surface area contributed by atoms with Gasteiger partial charge >= 0.3 is 190 Å². The number of para-hydroxylation sites is 1. The fourth-order valence-electron chi connectivity index (χ4n) is 5.66. The summed E-state index contributed by atoms with van der Waals surface area (Å²) in [6, 6.07) is 29.1.